The summed E-state index contributed by atoms with van der Waals surface area (Å²) in [5.41, 5.74) is 9.64. The van der Waals surface area contributed by atoms with Gasteiger partial charge in [0.25, 0.3) is 7.82 Å². The first-order chi connectivity index (χ1) is 45.7. The fourth-order valence-electron chi connectivity index (χ4n) is 10.3. The van der Waals surface area contributed by atoms with Crippen LogP contribution in [-0.4, -0.2) is 137 Å². The third-order valence-corrected chi connectivity index (χ3v) is 16.4. The van der Waals surface area contributed by atoms with Crippen LogP contribution in [0.4, 0.5) is 0 Å². The lowest BCUT2D eigenvalue weighted by atomic mass is 9.95. The molecule has 24 heteroatoms. The number of carbonyl (C=O) groups excluding carboxylic acids is 6. The van der Waals surface area contributed by atoms with Gasteiger partial charge in [0.2, 0.25) is 6.29 Å². The molecule has 0 amide bonds. The van der Waals surface area contributed by atoms with E-state index in [4.69, 9.17) is 51.7 Å². The zero-order valence-corrected chi connectivity index (χ0v) is 53.9. The number of benzene rings is 6. The van der Waals surface area contributed by atoms with Gasteiger partial charge in [-0.1, -0.05) is 166 Å². The predicted octanol–water partition coefficient (Wildman–Crippen LogP) is 10.7. The molecule has 2 aliphatic rings. The molecule has 2 saturated heterocycles. The molecule has 1 unspecified atom stereocenters. The average molecular weight is 1310 g/mol. The Morgan fingerprint density at radius 1 is 0.457 bits per heavy atom. The van der Waals surface area contributed by atoms with Crippen LogP contribution in [0.1, 0.15) is 141 Å². The summed E-state index contributed by atoms with van der Waals surface area (Å²) in [6.45, 7) is 10.7. The number of unbranched alkanes of at least 4 members (excludes halogenated alkanes) is 7. The van der Waals surface area contributed by atoms with Gasteiger partial charge in [-0.25, -0.2) is 28.8 Å². The number of azide groups is 1. The van der Waals surface area contributed by atoms with E-state index >= 15 is 0 Å². The van der Waals surface area contributed by atoms with Gasteiger partial charge in [-0.3, -0.25) is 9.09 Å². The molecule has 0 aromatic heterocycles. The standard InChI is InChI=1S/C64H66N3O19P.C6H15N/c1-2-3-4-5-6-7-8-27-40-77-87(74,75)86-64-56(84-62(73)48-38-25-14-26-39-48)54(82-60(71)46-34-21-12-22-35-46)52(50(79-64)42-76-57(68)43-28-15-9-16-29-43)85-63-55(83-61(72)47-36-23-13-24-37-47)53(81-59(70)45-32-19-11-20-33-45)51(49(78-63)41-66-67-65)80-58(69)44-30-17-10-18-31-44;1-4-7(5-2)6-3/h9-26,28-39,49-56,63-64H,2-8,27,40-42H2,1H3,(H,74,75);4-6H2,1-3H3/t49-,50-,51+,52-,53+,54+,55-,56+,63+,64-;/m1./s1. The van der Waals surface area contributed by atoms with E-state index in [0.717, 1.165) is 38.5 Å². The molecule has 1 N–H and O–H groups in total. The van der Waals surface area contributed by atoms with E-state index in [9.17, 15) is 43.8 Å². The molecule has 2 heterocycles. The van der Waals surface area contributed by atoms with Gasteiger partial charge >= 0.3 is 35.8 Å². The van der Waals surface area contributed by atoms with Crippen molar-refractivity contribution in [3.05, 3.63) is 226 Å². The van der Waals surface area contributed by atoms with Crippen molar-refractivity contribution in [3.8, 4) is 0 Å². The van der Waals surface area contributed by atoms with Gasteiger partial charge in [-0.2, -0.15) is 0 Å². The first-order valence-corrected chi connectivity index (χ1v) is 33.1. The van der Waals surface area contributed by atoms with Crippen LogP contribution >= 0.6 is 7.82 Å². The lowest BCUT2D eigenvalue weighted by Gasteiger charge is -2.49. The number of hydrogen-bond acceptors (Lipinski definition) is 20. The molecule has 0 aliphatic carbocycles. The minimum atomic E-state index is -5.50. The number of esters is 6. The van der Waals surface area contributed by atoms with Crippen LogP contribution in [0.3, 0.4) is 0 Å². The Hall–Kier alpha value is -8.60. The van der Waals surface area contributed by atoms with E-state index in [-0.39, 0.29) is 40.0 Å². The van der Waals surface area contributed by atoms with Crippen molar-refractivity contribution in [3.63, 3.8) is 0 Å². The second kappa shape index (κ2) is 38.6. The highest BCUT2D eigenvalue weighted by molar-refractivity contribution is 7.45. The van der Waals surface area contributed by atoms with Gasteiger partial charge in [0.15, 0.2) is 36.8 Å². The van der Waals surface area contributed by atoms with Crippen LogP contribution in [0.2, 0.25) is 0 Å². The first kappa shape index (κ1) is 72.8. The number of phosphoric acid groups is 1. The van der Waals surface area contributed by atoms with Gasteiger partial charge in [0.1, 0.15) is 24.9 Å². The van der Waals surface area contributed by atoms with Gasteiger partial charge in [-0.15, -0.1) is 0 Å². The second-order valence-electron chi connectivity index (χ2n) is 21.9. The van der Waals surface area contributed by atoms with Crippen molar-refractivity contribution >= 4 is 43.6 Å². The Balaban J connectivity index is 0.00000169. The maximum atomic E-state index is 14.6. The van der Waals surface area contributed by atoms with Gasteiger partial charge in [0, 0.05) is 4.91 Å². The van der Waals surface area contributed by atoms with Crippen LogP contribution in [0, 0.1) is 0 Å². The molecule has 0 radical (unpaired) electrons. The normalized spacial score (nSPS) is 21.3. The second-order valence-corrected chi connectivity index (χ2v) is 23.3. The maximum Gasteiger partial charge on any atom is 0.338 e. The maximum absolute atomic E-state index is 14.6. The number of quaternary nitrogens is 1. The molecule has 6 aromatic rings. The molecule has 8 rings (SSSR count). The van der Waals surface area contributed by atoms with Crippen molar-refractivity contribution in [2.75, 3.05) is 39.4 Å². The van der Waals surface area contributed by atoms with Crippen LogP contribution in [0.15, 0.2) is 187 Å². The zero-order valence-electron chi connectivity index (χ0n) is 53.0. The summed E-state index contributed by atoms with van der Waals surface area (Å²) in [5.74, 6) is -6.23. The smallest absolute Gasteiger partial charge is 0.338 e. The molecule has 23 nitrogen and oxygen atoms in total. The third kappa shape index (κ3) is 22.3. The third-order valence-electron chi connectivity index (χ3n) is 15.4. The number of carbonyl (C=O) groups is 6. The number of phosphoric ester groups is 1. The highest BCUT2D eigenvalue weighted by Crippen LogP contribution is 2.45. The van der Waals surface area contributed by atoms with Crippen LogP contribution in [-0.2, 0) is 56.2 Å². The van der Waals surface area contributed by atoms with Crippen molar-refractivity contribution in [2.24, 2.45) is 5.11 Å². The Kier molecular flexibility index (Phi) is 29.9. The lowest BCUT2D eigenvalue weighted by Crippen LogP contribution is -3.11. The first-order valence-electron chi connectivity index (χ1n) is 31.6. The number of ether oxygens (including phenoxy) is 9. The fraction of sp³-hybridized carbons (Fsp3) is 0.400. The highest BCUT2D eigenvalue weighted by atomic mass is 31.2. The number of hydrogen-bond donors (Lipinski definition) is 1. The number of nitrogens with zero attached hydrogens (tertiary/aromatic N) is 3. The van der Waals surface area contributed by atoms with E-state index in [1.807, 2.05) is 0 Å². The summed E-state index contributed by atoms with van der Waals surface area (Å²) >= 11 is 0. The average Bonchev–Trinajstić information content (AvgIpc) is 0.768. The predicted molar refractivity (Wildman–Crippen MR) is 341 cm³/mol. The van der Waals surface area contributed by atoms with E-state index in [1.165, 1.54) is 117 Å². The topological polar surface area (TPSA) is 297 Å². The number of nitrogens with one attached hydrogen (secondary N) is 1. The van der Waals surface area contributed by atoms with Gasteiger partial charge in [0.05, 0.1) is 66.2 Å². The Labute approximate surface area is 547 Å². The van der Waals surface area contributed by atoms with Crippen molar-refractivity contribution in [1.29, 1.82) is 0 Å². The van der Waals surface area contributed by atoms with Crippen LogP contribution < -0.4 is 9.79 Å². The lowest BCUT2D eigenvalue weighted by molar-refractivity contribution is -0.894. The largest absolute Gasteiger partial charge is 0.756 e. The zero-order chi connectivity index (χ0) is 67.1. The quantitative estimate of drug-likeness (QED) is 0.00780. The van der Waals surface area contributed by atoms with E-state index in [2.05, 4.69) is 37.7 Å². The Bertz CT molecular complexity index is 3380. The molecule has 6 aromatic carbocycles. The molecular formula is C70H81N4O19P. The summed E-state index contributed by atoms with van der Waals surface area (Å²) in [7, 11) is -5.50. The Morgan fingerprint density at radius 3 is 1.18 bits per heavy atom. The molecule has 0 saturated carbocycles. The fourth-order valence-corrected chi connectivity index (χ4v) is 11.1. The summed E-state index contributed by atoms with van der Waals surface area (Å²) in [5, 5.41) is 3.73. The van der Waals surface area contributed by atoms with Gasteiger partial charge in [-0.05, 0) is 106 Å². The molecule has 94 heavy (non-hydrogen) atoms. The van der Waals surface area contributed by atoms with E-state index in [0.29, 0.717) is 12.8 Å². The number of rotatable bonds is 32. The molecular weight excluding hydrogens is 1230 g/mol. The highest BCUT2D eigenvalue weighted by Gasteiger charge is 2.58. The minimum Gasteiger partial charge on any atom is -0.756 e. The van der Waals surface area contributed by atoms with Gasteiger partial charge < -0.3 is 56.9 Å². The van der Waals surface area contributed by atoms with E-state index in [1.54, 1.807) is 89.8 Å². The van der Waals surface area contributed by atoms with Crippen LogP contribution in [0.25, 0.3) is 10.4 Å². The summed E-state index contributed by atoms with van der Waals surface area (Å²) in [6.07, 6.45) is -13.0. The molecule has 0 spiro atoms. The SMILES string of the molecule is CCCCCCCCCCOP(=O)([O-])O[C@H]1O[C@H](COC(=O)c2ccccc2)[C@@H](O[C@@H]2O[C@H](CN=[N+]=[N-])[C@H](OC(=O)c3ccccc3)[C@H](OC(=O)c3ccccc3)[C@H]2OC(=O)c2ccccc2)[C@H](OC(=O)c2ccccc2)[C@@H]1OC(=O)c1ccccc1.CC[NH+](CC)CC. The molecule has 2 fully saturated rings. The Morgan fingerprint density at radius 2 is 0.798 bits per heavy atom. The molecule has 500 valence electrons. The van der Waals surface area contributed by atoms with Crippen molar-refractivity contribution in [2.45, 2.75) is 140 Å². The molecule has 2 aliphatic heterocycles. The molecule has 0 bridgehead atoms. The minimum absolute atomic E-state index is 0.0187. The van der Waals surface area contributed by atoms with Crippen molar-refractivity contribution < 1.29 is 94.8 Å². The monoisotopic (exact) mass is 1310 g/mol. The van der Waals surface area contributed by atoms with E-state index < -0.39 is 118 Å². The summed E-state index contributed by atoms with van der Waals surface area (Å²) < 4.78 is 81.9. The van der Waals surface area contributed by atoms with Crippen LogP contribution in [0.5, 0.6) is 0 Å². The summed E-state index contributed by atoms with van der Waals surface area (Å²) in [4.78, 5) is 105. The summed E-state index contributed by atoms with van der Waals surface area (Å²) in [6, 6.07) is 45.4. The van der Waals surface area contributed by atoms with Crippen molar-refractivity contribution in [1.82, 2.24) is 0 Å². The molecule has 11 atom stereocenters.